The first-order valence-corrected chi connectivity index (χ1v) is 9.38. The Labute approximate surface area is 164 Å². The number of carbonyl (C=O) groups excluding carboxylic acids is 1. The molecular formula is C21H27N5O2. The Kier molecular flexibility index (Phi) is 5.65. The zero-order valence-corrected chi connectivity index (χ0v) is 16.7. The largest absolute Gasteiger partial charge is 0.396 e. The molecule has 0 fully saturated rings. The third kappa shape index (κ3) is 4.31. The van der Waals surface area contributed by atoms with Gasteiger partial charge in [-0.3, -0.25) is 14.9 Å². The molecule has 0 saturated heterocycles. The molecule has 0 spiro atoms. The fourth-order valence-corrected chi connectivity index (χ4v) is 2.87. The Bertz CT molecular complexity index is 964. The van der Waals surface area contributed by atoms with Crippen LogP contribution in [0, 0.1) is 5.41 Å². The number of H-pyrrole nitrogens is 1. The van der Waals surface area contributed by atoms with Crippen molar-refractivity contribution in [2.24, 2.45) is 5.41 Å². The highest BCUT2D eigenvalue weighted by Crippen LogP contribution is 2.31. The molecule has 4 N–H and O–H groups in total. The molecule has 3 aromatic rings. The summed E-state index contributed by atoms with van der Waals surface area (Å²) in [5.41, 5.74) is 3.62. The predicted octanol–water partition coefficient (Wildman–Crippen LogP) is 3.19. The third-order valence-corrected chi connectivity index (χ3v) is 4.53. The average Bonchev–Trinajstić information content (AvgIpc) is 3.20. The van der Waals surface area contributed by atoms with Gasteiger partial charge in [0, 0.05) is 48.0 Å². The Morgan fingerprint density at radius 1 is 1.25 bits per heavy atom. The van der Waals surface area contributed by atoms with Crippen LogP contribution in [-0.4, -0.2) is 45.4 Å². The Hall–Kier alpha value is -2.93. The number of amides is 1. The van der Waals surface area contributed by atoms with Gasteiger partial charge >= 0.3 is 0 Å². The molecule has 1 amide bonds. The number of nitrogens with zero attached hydrogens (tertiary/aromatic N) is 2. The van der Waals surface area contributed by atoms with Crippen LogP contribution < -0.4 is 10.6 Å². The van der Waals surface area contributed by atoms with Gasteiger partial charge in [-0.2, -0.15) is 5.10 Å². The summed E-state index contributed by atoms with van der Waals surface area (Å²) in [7, 11) is 0. The number of aliphatic hydroxyl groups is 1. The second-order valence-electron chi connectivity index (χ2n) is 8.07. The van der Waals surface area contributed by atoms with Crippen LogP contribution in [0.15, 0.2) is 36.8 Å². The number of anilines is 1. The molecule has 0 radical (unpaired) electrons. The molecule has 1 aromatic carbocycles. The molecule has 148 valence electrons. The fourth-order valence-electron chi connectivity index (χ4n) is 2.87. The summed E-state index contributed by atoms with van der Waals surface area (Å²) in [5, 5.41) is 23.5. The minimum absolute atomic E-state index is 0.00554. The van der Waals surface area contributed by atoms with E-state index in [4.69, 9.17) is 0 Å². The van der Waals surface area contributed by atoms with E-state index in [2.05, 4.69) is 25.8 Å². The Morgan fingerprint density at radius 2 is 2.04 bits per heavy atom. The van der Waals surface area contributed by atoms with Gasteiger partial charge in [-0.05, 0) is 31.5 Å². The number of benzene rings is 1. The number of nitrogens with one attached hydrogen (secondary N) is 3. The molecule has 0 atom stereocenters. The van der Waals surface area contributed by atoms with Gasteiger partial charge in [-0.1, -0.05) is 19.9 Å². The first-order valence-electron chi connectivity index (χ1n) is 9.38. The monoisotopic (exact) mass is 381 g/mol. The average molecular weight is 381 g/mol. The lowest BCUT2D eigenvalue weighted by molar-refractivity contribution is 0.0911. The summed E-state index contributed by atoms with van der Waals surface area (Å²) in [4.78, 5) is 17.4. The minimum Gasteiger partial charge on any atom is -0.396 e. The molecule has 2 heterocycles. The van der Waals surface area contributed by atoms with Crippen LogP contribution in [-0.2, 0) is 0 Å². The van der Waals surface area contributed by atoms with E-state index in [1.165, 1.54) is 0 Å². The molecule has 0 aliphatic rings. The smallest absolute Gasteiger partial charge is 0.254 e. The minimum atomic E-state index is -0.389. The van der Waals surface area contributed by atoms with E-state index in [1.54, 1.807) is 12.4 Å². The SMILES string of the molecule is CC(C)Nc1c(C(=O)NCC(C)(C)CO)cnc2ccc(-c3cn[nH]c3)cc12. The lowest BCUT2D eigenvalue weighted by Gasteiger charge is -2.23. The van der Waals surface area contributed by atoms with Crippen LogP contribution >= 0.6 is 0 Å². The molecule has 0 aliphatic carbocycles. The van der Waals surface area contributed by atoms with Gasteiger partial charge in [-0.25, -0.2) is 0 Å². The molecule has 28 heavy (non-hydrogen) atoms. The summed E-state index contributed by atoms with van der Waals surface area (Å²) < 4.78 is 0. The molecule has 3 rings (SSSR count). The van der Waals surface area contributed by atoms with E-state index < -0.39 is 0 Å². The van der Waals surface area contributed by atoms with Crippen molar-refractivity contribution in [1.82, 2.24) is 20.5 Å². The lowest BCUT2D eigenvalue weighted by atomic mass is 9.95. The van der Waals surface area contributed by atoms with Crippen LogP contribution in [0.2, 0.25) is 0 Å². The quantitative estimate of drug-likeness (QED) is 0.503. The Balaban J connectivity index is 2.05. The number of pyridine rings is 1. The molecule has 0 bridgehead atoms. The number of aliphatic hydroxyl groups excluding tert-OH is 1. The van der Waals surface area contributed by atoms with Gasteiger partial charge in [0.1, 0.15) is 0 Å². The van der Waals surface area contributed by atoms with E-state index in [9.17, 15) is 9.90 Å². The van der Waals surface area contributed by atoms with Crippen LogP contribution in [0.4, 0.5) is 5.69 Å². The molecule has 0 saturated carbocycles. The van der Waals surface area contributed by atoms with Crippen molar-refractivity contribution < 1.29 is 9.90 Å². The van der Waals surface area contributed by atoms with Crippen LogP contribution in [0.1, 0.15) is 38.1 Å². The summed E-state index contributed by atoms with van der Waals surface area (Å²) in [5.74, 6) is -0.215. The topological polar surface area (TPSA) is 103 Å². The van der Waals surface area contributed by atoms with Gasteiger partial charge < -0.3 is 15.7 Å². The van der Waals surface area contributed by atoms with Crippen LogP contribution in [0.5, 0.6) is 0 Å². The van der Waals surface area contributed by atoms with Crippen molar-refractivity contribution in [1.29, 1.82) is 0 Å². The van der Waals surface area contributed by atoms with Crippen LogP contribution in [0.25, 0.3) is 22.0 Å². The number of rotatable bonds is 7. The van der Waals surface area contributed by atoms with E-state index in [0.717, 1.165) is 27.7 Å². The predicted molar refractivity (Wildman–Crippen MR) is 111 cm³/mol. The van der Waals surface area contributed by atoms with Crippen molar-refractivity contribution >= 4 is 22.5 Å². The van der Waals surface area contributed by atoms with Gasteiger partial charge in [0.25, 0.3) is 5.91 Å². The summed E-state index contributed by atoms with van der Waals surface area (Å²) in [6.07, 6.45) is 5.20. The molecule has 2 aromatic heterocycles. The first-order chi connectivity index (χ1) is 13.3. The number of hydrogen-bond donors (Lipinski definition) is 4. The standard InChI is InChI=1S/C21H27N5O2/c1-13(2)26-19-16-7-14(15-8-24-25-9-15)5-6-18(16)22-10-17(19)20(28)23-11-21(3,4)12-27/h5-10,13,27H,11-12H2,1-4H3,(H,22,26)(H,23,28)(H,24,25). The molecule has 0 aliphatic heterocycles. The van der Waals surface area contributed by atoms with E-state index in [0.29, 0.717) is 12.1 Å². The first kappa shape index (κ1) is 19.8. The second kappa shape index (κ2) is 7.98. The highest BCUT2D eigenvalue weighted by Gasteiger charge is 2.21. The highest BCUT2D eigenvalue weighted by molar-refractivity contribution is 6.07. The maximum absolute atomic E-state index is 12.9. The van der Waals surface area contributed by atoms with Crippen molar-refractivity contribution in [2.45, 2.75) is 33.7 Å². The van der Waals surface area contributed by atoms with Crippen molar-refractivity contribution in [2.75, 3.05) is 18.5 Å². The number of aromatic nitrogens is 3. The number of carbonyl (C=O) groups is 1. The fraction of sp³-hybridized carbons (Fsp3) is 0.381. The van der Waals surface area contributed by atoms with Gasteiger partial charge in [-0.15, -0.1) is 0 Å². The van der Waals surface area contributed by atoms with Crippen LogP contribution in [0.3, 0.4) is 0 Å². The Morgan fingerprint density at radius 3 is 2.68 bits per heavy atom. The van der Waals surface area contributed by atoms with E-state index >= 15 is 0 Å². The lowest BCUT2D eigenvalue weighted by Crippen LogP contribution is -2.36. The number of fused-ring (bicyclic) bond motifs is 1. The molecular weight excluding hydrogens is 354 g/mol. The summed E-state index contributed by atoms with van der Waals surface area (Å²) >= 11 is 0. The van der Waals surface area contributed by atoms with E-state index in [1.807, 2.05) is 52.1 Å². The summed E-state index contributed by atoms with van der Waals surface area (Å²) in [6, 6.07) is 6.10. The number of hydrogen-bond acceptors (Lipinski definition) is 5. The zero-order chi connectivity index (χ0) is 20.3. The van der Waals surface area contributed by atoms with Gasteiger partial charge in [0.05, 0.1) is 23.0 Å². The molecule has 7 nitrogen and oxygen atoms in total. The van der Waals surface area contributed by atoms with E-state index in [-0.39, 0.29) is 24.0 Å². The van der Waals surface area contributed by atoms with Gasteiger partial charge in [0.2, 0.25) is 0 Å². The zero-order valence-electron chi connectivity index (χ0n) is 16.7. The summed E-state index contributed by atoms with van der Waals surface area (Å²) in [6.45, 7) is 8.23. The molecule has 0 unspecified atom stereocenters. The van der Waals surface area contributed by atoms with Gasteiger partial charge in [0.15, 0.2) is 0 Å². The maximum atomic E-state index is 12.9. The van der Waals surface area contributed by atoms with Crippen molar-refractivity contribution in [3.8, 4) is 11.1 Å². The molecule has 7 heteroatoms. The normalized spacial score (nSPS) is 11.8. The highest BCUT2D eigenvalue weighted by atomic mass is 16.3. The third-order valence-electron chi connectivity index (χ3n) is 4.53. The maximum Gasteiger partial charge on any atom is 0.254 e. The number of aromatic amines is 1. The van der Waals surface area contributed by atoms with Crippen molar-refractivity contribution in [3.63, 3.8) is 0 Å². The van der Waals surface area contributed by atoms with Crippen molar-refractivity contribution in [3.05, 3.63) is 42.4 Å². The second-order valence-corrected chi connectivity index (χ2v) is 8.07.